The van der Waals surface area contributed by atoms with E-state index in [2.05, 4.69) is 15.1 Å². The molecule has 3 rings (SSSR count). The van der Waals surface area contributed by atoms with E-state index in [4.69, 9.17) is 16.1 Å². The van der Waals surface area contributed by atoms with Crippen molar-refractivity contribution in [2.45, 2.75) is 13.1 Å². The molecule has 0 unspecified atom stereocenters. The molecule has 0 radical (unpaired) electrons. The Hall–Kier alpha value is -2.44. The highest BCUT2D eigenvalue weighted by atomic mass is 35.5. The minimum absolute atomic E-state index is 0.0805. The number of benzene rings is 1. The second kappa shape index (κ2) is 6.76. The smallest absolute Gasteiger partial charge is 0.241 e. The lowest BCUT2D eigenvalue weighted by Gasteiger charge is -2.14. The van der Waals surface area contributed by atoms with Crippen LogP contribution in [0.3, 0.4) is 0 Å². The lowest BCUT2D eigenvalue weighted by Crippen LogP contribution is -2.17. The summed E-state index contributed by atoms with van der Waals surface area (Å²) in [6.45, 7) is 1.16. The van der Waals surface area contributed by atoms with Crippen LogP contribution in [0.5, 0.6) is 5.75 Å². The Bertz CT molecular complexity index is 792. The molecule has 7 heteroatoms. The van der Waals surface area contributed by atoms with Crippen molar-refractivity contribution >= 4 is 11.6 Å². The molecule has 0 aliphatic rings. The largest absolute Gasteiger partial charge is 0.506 e. The molecule has 0 fully saturated rings. The first-order valence-corrected chi connectivity index (χ1v) is 7.38. The van der Waals surface area contributed by atoms with Gasteiger partial charge in [-0.3, -0.25) is 9.88 Å². The summed E-state index contributed by atoms with van der Waals surface area (Å²) in [7, 11) is 1.94. The average molecular weight is 331 g/mol. The van der Waals surface area contributed by atoms with Crippen LogP contribution >= 0.6 is 11.6 Å². The molecular formula is C16H15ClN4O2. The summed E-state index contributed by atoms with van der Waals surface area (Å²) >= 11 is 5.91. The number of aromatic nitrogens is 3. The Morgan fingerprint density at radius 3 is 2.70 bits per heavy atom. The molecule has 0 amide bonds. The van der Waals surface area contributed by atoms with Crippen LogP contribution in [0.4, 0.5) is 0 Å². The number of phenolic OH excluding ortho intramolecular Hbond substituents is 1. The number of rotatable bonds is 5. The van der Waals surface area contributed by atoms with Gasteiger partial charge in [0.05, 0.1) is 11.6 Å². The summed E-state index contributed by atoms with van der Waals surface area (Å²) in [4.78, 5) is 10.4. The van der Waals surface area contributed by atoms with E-state index in [0.29, 0.717) is 29.8 Å². The lowest BCUT2D eigenvalue weighted by atomic mass is 10.2. The van der Waals surface area contributed by atoms with Gasteiger partial charge in [0.25, 0.3) is 0 Å². The lowest BCUT2D eigenvalue weighted by molar-refractivity contribution is 0.261. The van der Waals surface area contributed by atoms with Crippen LogP contribution in [0.1, 0.15) is 11.5 Å². The fourth-order valence-corrected chi connectivity index (χ4v) is 2.39. The normalized spacial score (nSPS) is 11.1. The zero-order valence-corrected chi connectivity index (χ0v) is 13.2. The van der Waals surface area contributed by atoms with Crippen LogP contribution in [0.2, 0.25) is 5.02 Å². The topological polar surface area (TPSA) is 75.3 Å². The molecule has 0 saturated carbocycles. The van der Waals surface area contributed by atoms with E-state index < -0.39 is 0 Å². The minimum atomic E-state index is 0.0805. The van der Waals surface area contributed by atoms with Crippen molar-refractivity contribution in [1.82, 2.24) is 20.0 Å². The number of phenols is 1. The fourth-order valence-electron chi connectivity index (χ4n) is 2.18. The van der Waals surface area contributed by atoms with E-state index >= 15 is 0 Å². The Morgan fingerprint density at radius 1 is 1.17 bits per heavy atom. The van der Waals surface area contributed by atoms with Gasteiger partial charge in [-0.05, 0) is 36.9 Å². The molecule has 118 valence electrons. The van der Waals surface area contributed by atoms with Gasteiger partial charge in [0.2, 0.25) is 11.7 Å². The quantitative estimate of drug-likeness (QED) is 0.774. The number of aromatic hydroxyl groups is 1. The van der Waals surface area contributed by atoms with Gasteiger partial charge in [0.1, 0.15) is 5.75 Å². The third-order valence-electron chi connectivity index (χ3n) is 3.28. The first kappa shape index (κ1) is 15.5. The maximum Gasteiger partial charge on any atom is 0.241 e. The number of nitrogens with zero attached hydrogens (tertiary/aromatic N) is 4. The van der Waals surface area contributed by atoms with Crippen LogP contribution in [0, 0.1) is 0 Å². The molecule has 0 aliphatic carbocycles. The van der Waals surface area contributed by atoms with Crippen LogP contribution < -0.4 is 0 Å². The Kier molecular flexibility index (Phi) is 4.55. The number of pyridine rings is 1. The Labute approximate surface area is 138 Å². The zero-order valence-electron chi connectivity index (χ0n) is 12.5. The van der Waals surface area contributed by atoms with Crippen LogP contribution in [0.15, 0.2) is 47.2 Å². The van der Waals surface area contributed by atoms with Gasteiger partial charge < -0.3 is 9.63 Å². The van der Waals surface area contributed by atoms with E-state index in [1.165, 1.54) is 0 Å². The van der Waals surface area contributed by atoms with Crippen LogP contribution in [-0.4, -0.2) is 32.2 Å². The van der Waals surface area contributed by atoms with Gasteiger partial charge in [0.15, 0.2) is 0 Å². The predicted molar refractivity (Wildman–Crippen MR) is 85.8 cm³/mol. The first-order valence-electron chi connectivity index (χ1n) is 7.01. The molecule has 6 nitrogen and oxygen atoms in total. The molecule has 0 aliphatic heterocycles. The Morgan fingerprint density at radius 2 is 1.96 bits per heavy atom. The highest BCUT2D eigenvalue weighted by Gasteiger charge is 2.11. The minimum Gasteiger partial charge on any atom is -0.506 e. The fraction of sp³-hybridized carbons (Fsp3) is 0.188. The van der Waals surface area contributed by atoms with E-state index in [9.17, 15) is 5.11 Å². The number of hydrogen-bond acceptors (Lipinski definition) is 6. The third kappa shape index (κ3) is 3.85. The van der Waals surface area contributed by atoms with Crippen molar-refractivity contribution in [3.05, 3.63) is 59.2 Å². The maximum atomic E-state index is 9.44. The van der Waals surface area contributed by atoms with Gasteiger partial charge in [-0.15, -0.1) is 0 Å². The Balaban J connectivity index is 1.65. The van der Waals surface area contributed by atoms with E-state index in [1.54, 1.807) is 24.5 Å². The summed E-state index contributed by atoms with van der Waals surface area (Å²) in [6.07, 6.45) is 3.37. The van der Waals surface area contributed by atoms with E-state index in [0.717, 1.165) is 11.1 Å². The predicted octanol–water partition coefficient (Wildman–Crippen LogP) is 3.12. The zero-order chi connectivity index (χ0) is 16.2. The molecule has 1 aromatic carbocycles. The SMILES string of the molecule is CN(Cc1ccc(O)c(Cl)c1)Cc1nc(-c2ccncc2)no1. The second-order valence-corrected chi connectivity index (χ2v) is 5.61. The van der Waals surface area contributed by atoms with Crippen molar-refractivity contribution < 1.29 is 9.63 Å². The molecule has 0 bridgehead atoms. The summed E-state index contributed by atoms with van der Waals surface area (Å²) in [5.41, 5.74) is 1.85. The van der Waals surface area contributed by atoms with Crippen molar-refractivity contribution in [3.63, 3.8) is 0 Å². The van der Waals surface area contributed by atoms with Crippen molar-refractivity contribution in [2.75, 3.05) is 7.05 Å². The molecule has 2 aromatic heterocycles. The molecule has 0 saturated heterocycles. The van der Waals surface area contributed by atoms with E-state index in [1.807, 2.05) is 30.1 Å². The molecule has 0 spiro atoms. The van der Waals surface area contributed by atoms with Gasteiger partial charge in [0, 0.05) is 24.5 Å². The number of hydrogen-bond donors (Lipinski definition) is 1. The molecular weight excluding hydrogens is 316 g/mol. The van der Waals surface area contributed by atoms with Crippen LogP contribution in [-0.2, 0) is 13.1 Å². The molecule has 1 N–H and O–H groups in total. The van der Waals surface area contributed by atoms with Crippen molar-refractivity contribution in [2.24, 2.45) is 0 Å². The highest BCUT2D eigenvalue weighted by molar-refractivity contribution is 6.32. The van der Waals surface area contributed by atoms with Gasteiger partial charge in [-0.2, -0.15) is 4.98 Å². The molecule has 2 heterocycles. The summed E-state index contributed by atoms with van der Waals surface area (Å²) < 4.78 is 5.28. The number of halogens is 1. The van der Waals surface area contributed by atoms with Gasteiger partial charge in [-0.25, -0.2) is 0 Å². The van der Waals surface area contributed by atoms with Crippen molar-refractivity contribution in [1.29, 1.82) is 0 Å². The standard InChI is InChI=1S/C16H15ClN4O2/c1-21(9-11-2-3-14(22)13(17)8-11)10-15-19-16(20-23-15)12-4-6-18-7-5-12/h2-8,22H,9-10H2,1H3. The monoisotopic (exact) mass is 330 g/mol. The third-order valence-corrected chi connectivity index (χ3v) is 3.58. The first-order chi connectivity index (χ1) is 11.1. The molecule has 23 heavy (non-hydrogen) atoms. The maximum absolute atomic E-state index is 9.44. The summed E-state index contributed by atoms with van der Waals surface area (Å²) in [5, 5.41) is 13.8. The summed E-state index contributed by atoms with van der Waals surface area (Å²) in [5.74, 6) is 1.16. The van der Waals surface area contributed by atoms with Crippen LogP contribution in [0.25, 0.3) is 11.4 Å². The van der Waals surface area contributed by atoms with Gasteiger partial charge in [-0.1, -0.05) is 22.8 Å². The second-order valence-electron chi connectivity index (χ2n) is 5.21. The van der Waals surface area contributed by atoms with Crippen molar-refractivity contribution in [3.8, 4) is 17.1 Å². The molecule has 0 atom stereocenters. The van der Waals surface area contributed by atoms with Gasteiger partial charge >= 0.3 is 0 Å². The van der Waals surface area contributed by atoms with E-state index in [-0.39, 0.29) is 5.75 Å². The summed E-state index contributed by atoms with van der Waals surface area (Å²) in [6, 6.07) is 8.81. The molecule has 3 aromatic rings. The average Bonchev–Trinajstić information content (AvgIpc) is 3.00. The highest BCUT2D eigenvalue weighted by Crippen LogP contribution is 2.24.